The van der Waals surface area contributed by atoms with Gasteiger partial charge < -0.3 is 10.6 Å². The minimum atomic E-state index is -4.37. The average Bonchev–Trinajstić information content (AvgIpc) is 2.47. The molecule has 0 aromatic heterocycles. The highest BCUT2D eigenvalue weighted by atomic mass is 19.4. The van der Waals surface area contributed by atoms with Crippen LogP contribution in [-0.2, 0) is 17.6 Å². The highest BCUT2D eigenvalue weighted by molar-refractivity contribution is 5.96. The summed E-state index contributed by atoms with van der Waals surface area (Å²) in [6.45, 7) is -0.0277. The van der Waals surface area contributed by atoms with Crippen molar-refractivity contribution < 1.29 is 22.4 Å². The van der Waals surface area contributed by atoms with E-state index in [1.54, 1.807) is 0 Å². The molecular formula is C15H12F4N2O. The lowest BCUT2D eigenvalue weighted by Gasteiger charge is -2.07. The maximum atomic E-state index is 12.7. The molecule has 0 unspecified atom stereocenters. The monoisotopic (exact) mass is 312 g/mol. The van der Waals surface area contributed by atoms with Crippen LogP contribution in [0.3, 0.4) is 0 Å². The summed E-state index contributed by atoms with van der Waals surface area (Å²) in [5.41, 5.74) is 5.91. The molecule has 3 nitrogen and oxygen atoms in total. The Labute approximate surface area is 124 Å². The summed E-state index contributed by atoms with van der Waals surface area (Å²) < 4.78 is 49.9. The molecule has 2 aromatic rings. The first-order valence-corrected chi connectivity index (χ1v) is 6.24. The Morgan fingerprint density at radius 2 is 1.59 bits per heavy atom. The quantitative estimate of drug-likeness (QED) is 0.405. The van der Waals surface area contributed by atoms with Gasteiger partial charge >= 0.3 is 6.18 Å². The van der Waals surface area contributed by atoms with Crippen LogP contribution < -0.4 is 5.73 Å². The zero-order valence-corrected chi connectivity index (χ0v) is 11.3. The second-order valence-electron chi connectivity index (χ2n) is 4.45. The molecule has 0 amide bonds. The molecule has 0 bridgehead atoms. The molecule has 0 spiro atoms. The molecule has 0 fully saturated rings. The number of alkyl halides is 3. The molecule has 2 rings (SSSR count). The first-order valence-electron chi connectivity index (χ1n) is 6.24. The molecule has 7 heteroatoms. The maximum Gasteiger partial charge on any atom is 0.416 e. The molecule has 0 aliphatic heterocycles. The number of halogens is 4. The lowest BCUT2D eigenvalue weighted by molar-refractivity contribution is -0.137. The van der Waals surface area contributed by atoms with Crippen LogP contribution in [0.15, 0.2) is 53.7 Å². The Kier molecular flexibility index (Phi) is 4.65. The fraction of sp³-hybridized carbons (Fsp3) is 0.133. The van der Waals surface area contributed by atoms with Crippen LogP contribution >= 0.6 is 0 Å². The number of nitrogens with zero attached hydrogens (tertiary/aromatic N) is 1. The molecule has 0 aliphatic rings. The van der Waals surface area contributed by atoms with Crippen LogP contribution in [0.2, 0.25) is 0 Å². The fourth-order valence-corrected chi connectivity index (χ4v) is 1.64. The highest BCUT2D eigenvalue weighted by Crippen LogP contribution is 2.29. The first kappa shape index (κ1) is 15.8. The number of nitrogens with two attached hydrogens (primary N) is 1. The second-order valence-corrected chi connectivity index (χ2v) is 4.45. The van der Waals surface area contributed by atoms with Gasteiger partial charge in [0.25, 0.3) is 0 Å². The molecule has 0 radical (unpaired) electrons. The van der Waals surface area contributed by atoms with E-state index in [2.05, 4.69) is 5.16 Å². The Bertz CT molecular complexity index is 649. The van der Waals surface area contributed by atoms with Gasteiger partial charge in [-0.15, -0.1) is 0 Å². The van der Waals surface area contributed by atoms with Crippen LogP contribution in [0.5, 0.6) is 0 Å². The largest absolute Gasteiger partial charge is 0.416 e. The zero-order chi connectivity index (χ0) is 16.2. The number of rotatable bonds is 4. The third-order valence-corrected chi connectivity index (χ3v) is 2.82. The maximum absolute atomic E-state index is 12.7. The summed E-state index contributed by atoms with van der Waals surface area (Å²) in [5.74, 6) is -0.353. The van der Waals surface area contributed by atoms with E-state index >= 15 is 0 Å². The number of oxime groups is 1. The molecule has 0 heterocycles. The van der Waals surface area contributed by atoms with Gasteiger partial charge in [-0.3, -0.25) is 0 Å². The summed E-state index contributed by atoms with van der Waals surface area (Å²) in [4.78, 5) is 4.98. The minimum Gasteiger partial charge on any atom is -0.389 e. The Morgan fingerprint density at radius 3 is 2.14 bits per heavy atom. The standard InChI is InChI=1S/C15H12F4N2O/c16-13-7-3-11(4-8-13)14(20)21-22-9-10-1-5-12(6-2-10)15(17,18)19/h1-8H,9H2,(H2,20,21). The number of hydrogen-bond acceptors (Lipinski definition) is 2. The average molecular weight is 312 g/mol. The van der Waals surface area contributed by atoms with Crippen molar-refractivity contribution in [3.8, 4) is 0 Å². The van der Waals surface area contributed by atoms with Crippen molar-refractivity contribution in [3.63, 3.8) is 0 Å². The van der Waals surface area contributed by atoms with Crippen molar-refractivity contribution in [2.75, 3.05) is 0 Å². The van der Waals surface area contributed by atoms with Gasteiger partial charge in [-0.2, -0.15) is 13.2 Å². The molecular weight excluding hydrogens is 300 g/mol. The van der Waals surface area contributed by atoms with E-state index in [4.69, 9.17) is 10.6 Å². The normalized spacial score (nSPS) is 12.3. The number of amidine groups is 1. The molecule has 116 valence electrons. The van der Waals surface area contributed by atoms with Gasteiger partial charge in [-0.25, -0.2) is 4.39 Å². The molecule has 0 aliphatic carbocycles. The number of hydrogen-bond donors (Lipinski definition) is 1. The number of benzene rings is 2. The second kappa shape index (κ2) is 6.46. The van der Waals surface area contributed by atoms with Crippen LogP contribution in [0, 0.1) is 5.82 Å². The van der Waals surface area contributed by atoms with Gasteiger partial charge in [-0.1, -0.05) is 17.3 Å². The van der Waals surface area contributed by atoms with Crippen LogP contribution in [0.25, 0.3) is 0 Å². The van der Waals surface area contributed by atoms with Gasteiger partial charge in [0.1, 0.15) is 12.4 Å². The Balaban J connectivity index is 1.95. The highest BCUT2D eigenvalue weighted by Gasteiger charge is 2.29. The van der Waals surface area contributed by atoms with Crippen molar-refractivity contribution >= 4 is 5.84 Å². The molecule has 0 atom stereocenters. The molecule has 2 aromatic carbocycles. The summed E-state index contributed by atoms with van der Waals surface area (Å²) in [5, 5.41) is 3.64. The van der Waals surface area contributed by atoms with Crippen molar-refractivity contribution in [1.29, 1.82) is 0 Å². The Hall–Kier alpha value is -2.57. The molecule has 2 N–H and O–H groups in total. The van der Waals surface area contributed by atoms with Crippen molar-refractivity contribution in [1.82, 2.24) is 0 Å². The van der Waals surface area contributed by atoms with Crippen LogP contribution in [-0.4, -0.2) is 5.84 Å². The van der Waals surface area contributed by atoms with Crippen molar-refractivity contribution in [2.24, 2.45) is 10.9 Å². The summed E-state index contributed by atoms with van der Waals surface area (Å²) >= 11 is 0. The van der Waals surface area contributed by atoms with Gasteiger partial charge in [0.05, 0.1) is 5.56 Å². The lowest BCUT2D eigenvalue weighted by atomic mass is 10.1. The van der Waals surface area contributed by atoms with E-state index in [0.717, 1.165) is 12.1 Å². The van der Waals surface area contributed by atoms with E-state index in [9.17, 15) is 17.6 Å². The van der Waals surface area contributed by atoms with Gasteiger partial charge in [-0.05, 0) is 42.0 Å². The van der Waals surface area contributed by atoms with E-state index in [0.29, 0.717) is 11.1 Å². The SMILES string of the molecule is NC(=NOCc1ccc(C(F)(F)F)cc1)c1ccc(F)cc1. The van der Waals surface area contributed by atoms with Gasteiger partial charge in [0.15, 0.2) is 5.84 Å². The predicted molar refractivity (Wildman–Crippen MR) is 73.4 cm³/mol. The van der Waals surface area contributed by atoms with E-state index in [1.807, 2.05) is 0 Å². The third kappa shape index (κ3) is 4.21. The van der Waals surface area contributed by atoms with E-state index in [-0.39, 0.29) is 12.4 Å². The fourth-order valence-electron chi connectivity index (χ4n) is 1.64. The predicted octanol–water partition coefficient (Wildman–Crippen LogP) is 3.68. The smallest absolute Gasteiger partial charge is 0.389 e. The molecule has 22 heavy (non-hydrogen) atoms. The minimum absolute atomic E-state index is 0.0277. The molecule has 0 saturated carbocycles. The van der Waals surface area contributed by atoms with Gasteiger partial charge in [0.2, 0.25) is 0 Å². The van der Waals surface area contributed by atoms with Crippen molar-refractivity contribution in [2.45, 2.75) is 12.8 Å². The topological polar surface area (TPSA) is 47.6 Å². The van der Waals surface area contributed by atoms with E-state index in [1.165, 1.54) is 36.4 Å². The van der Waals surface area contributed by atoms with Crippen LogP contribution in [0.1, 0.15) is 16.7 Å². The molecule has 0 saturated heterocycles. The summed E-state index contributed by atoms with van der Waals surface area (Å²) in [6, 6.07) is 9.86. The Morgan fingerprint density at radius 1 is 1.00 bits per heavy atom. The summed E-state index contributed by atoms with van der Waals surface area (Å²) in [7, 11) is 0. The lowest BCUT2D eigenvalue weighted by Crippen LogP contribution is -2.13. The zero-order valence-electron chi connectivity index (χ0n) is 11.3. The van der Waals surface area contributed by atoms with E-state index < -0.39 is 17.6 Å². The first-order chi connectivity index (χ1) is 10.4. The third-order valence-electron chi connectivity index (χ3n) is 2.82. The summed E-state index contributed by atoms with van der Waals surface area (Å²) in [6.07, 6.45) is -4.37. The van der Waals surface area contributed by atoms with Gasteiger partial charge in [0, 0.05) is 5.56 Å². The van der Waals surface area contributed by atoms with Crippen LogP contribution in [0.4, 0.5) is 17.6 Å². The van der Waals surface area contributed by atoms with Crippen molar-refractivity contribution in [3.05, 3.63) is 71.0 Å².